The zero-order valence-electron chi connectivity index (χ0n) is 22.3. The van der Waals surface area contributed by atoms with Gasteiger partial charge in [0.25, 0.3) is 11.8 Å². The first kappa shape index (κ1) is 28.6. The second kappa shape index (κ2) is 13.6. The number of thiazole rings is 1. The van der Waals surface area contributed by atoms with Crippen LogP contribution in [0.25, 0.3) is 6.08 Å². The number of nitrogens with zero attached hydrogens (tertiary/aromatic N) is 2. The number of hydrogen-bond donors (Lipinski definition) is 3. The van der Waals surface area contributed by atoms with Gasteiger partial charge in [-0.15, -0.1) is 23.1 Å². The molecule has 0 aliphatic heterocycles. The molecule has 0 saturated carbocycles. The maximum absolute atomic E-state index is 13.3. The molecule has 0 aliphatic rings. The maximum Gasteiger partial charge on any atom is 0.272 e. The zero-order chi connectivity index (χ0) is 28.5. The van der Waals surface area contributed by atoms with E-state index in [0.717, 1.165) is 21.8 Å². The summed E-state index contributed by atoms with van der Waals surface area (Å²) >= 11 is 2.77. The van der Waals surface area contributed by atoms with Gasteiger partial charge in [0.1, 0.15) is 5.70 Å². The topological polar surface area (TPSA) is 103 Å². The molecule has 0 aliphatic carbocycles. The van der Waals surface area contributed by atoms with Crippen molar-refractivity contribution in [2.24, 2.45) is 0 Å². The molecular weight excluding hydrogens is 542 g/mol. The molecule has 1 aromatic heterocycles. The van der Waals surface area contributed by atoms with Crippen molar-refractivity contribution < 1.29 is 14.4 Å². The summed E-state index contributed by atoms with van der Waals surface area (Å²) in [6, 6.07) is 23.5. The van der Waals surface area contributed by atoms with Crippen molar-refractivity contribution in [3.05, 3.63) is 107 Å². The van der Waals surface area contributed by atoms with E-state index in [0.29, 0.717) is 16.4 Å². The highest BCUT2D eigenvalue weighted by atomic mass is 32.2. The Hall–Kier alpha value is -4.41. The molecule has 0 unspecified atom stereocenters. The van der Waals surface area contributed by atoms with Crippen LogP contribution in [0.1, 0.15) is 21.6 Å². The van der Waals surface area contributed by atoms with Crippen molar-refractivity contribution in [1.29, 1.82) is 0 Å². The number of benzene rings is 3. The molecule has 1 heterocycles. The molecule has 0 bridgehead atoms. The summed E-state index contributed by atoms with van der Waals surface area (Å²) in [5.74, 6) is -0.751. The van der Waals surface area contributed by atoms with E-state index in [1.54, 1.807) is 42.5 Å². The first-order valence-corrected chi connectivity index (χ1v) is 14.2. The summed E-state index contributed by atoms with van der Waals surface area (Å²) in [6.45, 7) is 1.87. The Labute approximate surface area is 241 Å². The summed E-state index contributed by atoms with van der Waals surface area (Å²) in [5.41, 5.74) is 3.76. The summed E-state index contributed by atoms with van der Waals surface area (Å²) in [5, 5.41) is 10.8. The highest BCUT2D eigenvalue weighted by molar-refractivity contribution is 8.00. The largest absolute Gasteiger partial charge is 0.378 e. The van der Waals surface area contributed by atoms with Crippen LogP contribution in [-0.2, 0) is 9.59 Å². The number of carbonyl (C=O) groups excluding carboxylic acids is 3. The number of rotatable bonds is 10. The number of thioether (sulfide) groups is 1. The van der Waals surface area contributed by atoms with Gasteiger partial charge in [-0.1, -0.05) is 30.3 Å². The van der Waals surface area contributed by atoms with Gasteiger partial charge in [0.15, 0.2) is 5.13 Å². The Morgan fingerprint density at radius 1 is 0.925 bits per heavy atom. The minimum atomic E-state index is -0.459. The Morgan fingerprint density at radius 3 is 2.25 bits per heavy atom. The van der Waals surface area contributed by atoms with Crippen LogP contribution in [-0.4, -0.2) is 42.6 Å². The van der Waals surface area contributed by atoms with E-state index in [-0.39, 0.29) is 23.3 Å². The maximum atomic E-state index is 13.3. The summed E-state index contributed by atoms with van der Waals surface area (Å²) < 4.78 is 0. The van der Waals surface area contributed by atoms with Gasteiger partial charge in [-0.2, -0.15) is 0 Å². The van der Waals surface area contributed by atoms with Crippen molar-refractivity contribution in [3.8, 4) is 0 Å². The van der Waals surface area contributed by atoms with Gasteiger partial charge >= 0.3 is 0 Å². The second-order valence-electron chi connectivity index (χ2n) is 8.97. The molecule has 0 fully saturated rings. The molecule has 4 rings (SSSR count). The second-order valence-corrected chi connectivity index (χ2v) is 10.9. The average Bonchev–Trinajstić information content (AvgIpc) is 3.37. The lowest BCUT2D eigenvalue weighted by Gasteiger charge is -2.13. The molecule has 4 aromatic rings. The van der Waals surface area contributed by atoms with Crippen molar-refractivity contribution >= 4 is 63.4 Å². The fraction of sp³-hybridized carbons (Fsp3) is 0.133. The summed E-state index contributed by atoms with van der Waals surface area (Å²) in [4.78, 5) is 45.4. The number of aryl methyl sites for hydroxylation is 1. The van der Waals surface area contributed by atoms with Gasteiger partial charge in [-0.05, 0) is 67.1 Å². The van der Waals surface area contributed by atoms with Gasteiger partial charge in [-0.25, -0.2) is 4.98 Å². The molecule has 204 valence electrons. The minimum absolute atomic E-state index is 0.110. The first-order valence-electron chi connectivity index (χ1n) is 12.4. The first-order chi connectivity index (χ1) is 19.3. The Kier molecular flexibility index (Phi) is 9.71. The third-order valence-electron chi connectivity index (χ3n) is 5.60. The fourth-order valence-electron chi connectivity index (χ4n) is 3.53. The number of amides is 3. The van der Waals surface area contributed by atoms with E-state index < -0.39 is 5.91 Å². The third kappa shape index (κ3) is 8.29. The SMILES string of the molecule is Cc1csc(NC(=O)CSc2ccc(NC(=O)/C(=C/c3ccc(N(C)C)cc3)NC(=O)c3ccccc3)cc2)n1. The molecule has 3 amide bonds. The van der Waals surface area contributed by atoms with Gasteiger partial charge in [0.2, 0.25) is 5.91 Å². The van der Waals surface area contributed by atoms with Crippen LogP contribution in [0.5, 0.6) is 0 Å². The molecule has 0 spiro atoms. The Bertz CT molecular complexity index is 1500. The lowest BCUT2D eigenvalue weighted by atomic mass is 10.1. The minimum Gasteiger partial charge on any atom is -0.378 e. The van der Waals surface area contributed by atoms with E-state index in [9.17, 15) is 14.4 Å². The van der Waals surface area contributed by atoms with E-state index in [4.69, 9.17) is 0 Å². The number of hydrogen-bond acceptors (Lipinski definition) is 7. The van der Waals surface area contributed by atoms with Gasteiger partial charge < -0.3 is 20.9 Å². The number of aromatic nitrogens is 1. The summed E-state index contributed by atoms with van der Waals surface area (Å²) in [7, 11) is 3.90. The standard InChI is InChI=1S/C30H29N5O3S2/c1-20-18-40-30(31-20)34-27(36)19-39-25-15-11-23(12-16-25)32-29(38)26(33-28(37)22-7-5-4-6-8-22)17-21-9-13-24(14-10-21)35(2)3/h4-18H,19H2,1-3H3,(H,32,38)(H,33,37)(H,31,34,36)/b26-17-. The molecule has 3 N–H and O–H groups in total. The highest BCUT2D eigenvalue weighted by Gasteiger charge is 2.15. The Morgan fingerprint density at radius 2 is 1.62 bits per heavy atom. The zero-order valence-corrected chi connectivity index (χ0v) is 23.9. The van der Waals surface area contributed by atoms with Crippen molar-refractivity contribution in [2.45, 2.75) is 11.8 Å². The van der Waals surface area contributed by atoms with E-state index in [1.807, 2.05) is 73.8 Å². The molecule has 10 heteroatoms. The molecule has 0 saturated heterocycles. The molecule has 0 atom stereocenters. The van der Waals surface area contributed by atoms with Gasteiger partial charge in [0.05, 0.1) is 11.4 Å². The molecule has 8 nitrogen and oxygen atoms in total. The predicted molar refractivity (Wildman–Crippen MR) is 164 cm³/mol. The van der Waals surface area contributed by atoms with Crippen LogP contribution < -0.4 is 20.9 Å². The molecule has 0 radical (unpaired) electrons. The smallest absolute Gasteiger partial charge is 0.272 e. The summed E-state index contributed by atoms with van der Waals surface area (Å²) in [6.07, 6.45) is 1.64. The van der Waals surface area contributed by atoms with Crippen LogP contribution >= 0.6 is 23.1 Å². The van der Waals surface area contributed by atoms with E-state index >= 15 is 0 Å². The van der Waals surface area contributed by atoms with Crippen LogP contribution in [0.3, 0.4) is 0 Å². The quantitative estimate of drug-likeness (QED) is 0.168. The van der Waals surface area contributed by atoms with Crippen LogP contribution in [0, 0.1) is 6.92 Å². The molecule has 40 heavy (non-hydrogen) atoms. The van der Waals surface area contributed by atoms with Crippen LogP contribution in [0.15, 0.2) is 94.8 Å². The number of anilines is 3. The fourth-order valence-corrected chi connectivity index (χ4v) is 4.93. The monoisotopic (exact) mass is 571 g/mol. The van der Waals surface area contributed by atoms with E-state index in [2.05, 4.69) is 20.9 Å². The number of carbonyl (C=O) groups is 3. The third-order valence-corrected chi connectivity index (χ3v) is 7.48. The van der Waals surface area contributed by atoms with Gasteiger partial charge in [-0.3, -0.25) is 14.4 Å². The molecule has 3 aromatic carbocycles. The van der Waals surface area contributed by atoms with Crippen LogP contribution in [0.4, 0.5) is 16.5 Å². The van der Waals surface area contributed by atoms with Gasteiger partial charge in [0, 0.05) is 41.3 Å². The average molecular weight is 572 g/mol. The highest BCUT2D eigenvalue weighted by Crippen LogP contribution is 2.22. The normalized spacial score (nSPS) is 11.0. The Balaban J connectivity index is 1.42. The number of nitrogens with one attached hydrogen (secondary N) is 3. The lowest BCUT2D eigenvalue weighted by molar-refractivity contribution is -0.114. The predicted octanol–water partition coefficient (Wildman–Crippen LogP) is 5.66. The van der Waals surface area contributed by atoms with Crippen molar-refractivity contribution in [3.63, 3.8) is 0 Å². The van der Waals surface area contributed by atoms with Crippen LogP contribution in [0.2, 0.25) is 0 Å². The lowest BCUT2D eigenvalue weighted by Crippen LogP contribution is -2.30. The van der Waals surface area contributed by atoms with Crippen molar-refractivity contribution in [2.75, 3.05) is 35.4 Å². The van der Waals surface area contributed by atoms with E-state index in [1.165, 1.54) is 23.1 Å². The molecular formula is C30H29N5O3S2. The van der Waals surface area contributed by atoms with Crippen molar-refractivity contribution in [1.82, 2.24) is 10.3 Å².